The fourth-order valence-corrected chi connectivity index (χ4v) is 5.27. The molecule has 0 N–H and O–H groups in total. The van der Waals surface area contributed by atoms with Crippen molar-refractivity contribution in [2.24, 2.45) is 5.92 Å². The van der Waals surface area contributed by atoms with Gasteiger partial charge in [-0.1, -0.05) is 23.2 Å². The number of aromatic nitrogens is 2. The van der Waals surface area contributed by atoms with Crippen LogP contribution >= 0.6 is 23.2 Å². The third kappa shape index (κ3) is 5.05. The van der Waals surface area contributed by atoms with Gasteiger partial charge in [-0.15, -0.1) is 0 Å². The van der Waals surface area contributed by atoms with E-state index in [9.17, 15) is 22.8 Å². The lowest BCUT2D eigenvalue weighted by Crippen LogP contribution is -2.38. The van der Waals surface area contributed by atoms with Gasteiger partial charge in [0, 0.05) is 35.5 Å². The molecule has 0 atom stereocenters. The van der Waals surface area contributed by atoms with Gasteiger partial charge in [0.05, 0.1) is 33.9 Å². The molecule has 1 fully saturated rings. The summed E-state index contributed by atoms with van der Waals surface area (Å²) in [7, 11) is 0. The predicted molar refractivity (Wildman–Crippen MR) is 129 cm³/mol. The number of halogens is 5. The number of likely N-dealkylation sites (tertiary alicyclic amines) is 1. The molecule has 35 heavy (non-hydrogen) atoms. The number of aryl methyl sites for hydroxylation is 2. The summed E-state index contributed by atoms with van der Waals surface area (Å²) < 4.78 is 41.5. The minimum Gasteiger partial charge on any atom is -0.339 e. The Morgan fingerprint density at radius 1 is 1.17 bits per heavy atom. The Hall–Kier alpha value is -2.58. The van der Waals surface area contributed by atoms with Crippen LogP contribution in [-0.4, -0.2) is 40.0 Å². The number of fused-ring (bicyclic) bond motifs is 1. The van der Waals surface area contributed by atoms with Gasteiger partial charge in [0.15, 0.2) is 0 Å². The maximum atomic E-state index is 13.3. The number of carbonyl (C=O) groups excluding carboxylic acids is 2. The average Bonchev–Trinajstić information content (AvgIpc) is 3.12. The first-order valence-electron chi connectivity index (χ1n) is 11.3. The first-order valence-corrected chi connectivity index (χ1v) is 12.0. The van der Waals surface area contributed by atoms with Gasteiger partial charge in [0.25, 0.3) is 5.91 Å². The molecule has 0 aliphatic carbocycles. The number of piperidine rings is 1. The molecule has 1 saturated heterocycles. The number of nitrogens with zero attached hydrogens (tertiary/aromatic N) is 3. The molecule has 10 heteroatoms. The van der Waals surface area contributed by atoms with Crippen molar-refractivity contribution in [3.05, 3.63) is 62.3 Å². The lowest BCUT2D eigenvalue weighted by atomic mass is 9.94. The molecule has 3 aromatic rings. The van der Waals surface area contributed by atoms with Gasteiger partial charge in [0.2, 0.25) is 0 Å². The zero-order chi connectivity index (χ0) is 25.5. The Morgan fingerprint density at radius 2 is 1.86 bits per heavy atom. The molecule has 1 aliphatic heterocycles. The highest BCUT2D eigenvalue weighted by Gasteiger charge is 2.32. The molecular weight excluding hydrogens is 502 g/mol. The topological polar surface area (TPSA) is 55.2 Å². The molecule has 0 saturated carbocycles. The van der Waals surface area contributed by atoms with Crippen molar-refractivity contribution >= 4 is 46.3 Å². The minimum absolute atomic E-state index is 0.0940. The van der Waals surface area contributed by atoms with Gasteiger partial charge in [0.1, 0.15) is 6.29 Å². The van der Waals surface area contributed by atoms with E-state index < -0.39 is 11.7 Å². The highest BCUT2D eigenvalue weighted by molar-refractivity contribution is 6.38. The van der Waals surface area contributed by atoms with E-state index in [1.165, 1.54) is 0 Å². The van der Waals surface area contributed by atoms with Gasteiger partial charge in [-0.05, 0) is 62.4 Å². The third-order valence-electron chi connectivity index (χ3n) is 6.60. The van der Waals surface area contributed by atoms with Crippen molar-refractivity contribution in [3.63, 3.8) is 0 Å². The second-order valence-electron chi connectivity index (χ2n) is 8.96. The van der Waals surface area contributed by atoms with Crippen LogP contribution in [0.15, 0.2) is 24.3 Å². The molecule has 0 bridgehead atoms. The zero-order valence-corrected chi connectivity index (χ0v) is 20.8. The number of benzene rings is 2. The van der Waals surface area contributed by atoms with Crippen molar-refractivity contribution in [3.8, 4) is 0 Å². The molecule has 2 heterocycles. The summed E-state index contributed by atoms with van der Waals surface area (Å²) >= 11 is 13.1. The number of aldehydes is 1. The SMILES string of the molecule is Cc1nn(Cc2c(Cl)ccc(C(=O)N3CCC(CC=O)CC3)c2Cl)c2c(C)cc(C(F)(F)F)cc12. The maximum Gasteiger partial charge on any atom is 0.416 e. The van der Waals surface area contributed by atoms with Crippen molar-refractivity contribution in [1.82, 2.24) is 14.7 Å². The van der Waals surface area contributed by atoms with Crippen LogP contribution in [-0.2, 0) is 17.5 Å². The van der Waals surface area contributed by atoms with E-state index in [-0.39, 0.29) is 23.4 Å². The molecule has 5 nitrogen and oxygen atoms in total. The molecule has 0 unspecified atom stereocenters. The summed E-state index contributed by atoms with van der Waals surface area (Å²) in [6, 6.07) is 5.37. The smallest absolute Gasteiger partial charge is 0.339 e. The highest BCUT2D eigenvalue weighted by atomic mass is 35.5. The number of hydrogen-bond acceptors (Lipinski definition) is 3. The minimum atomic E-state index is -4.46. The summed E-state index contributed by atoms with van der Waals surface area (Å²) in [4.78, 5) is 25.7. The van der Waals surface area contributed by atoms with E-state index in [1.807, 2.05) is 0 Å². The summed E-state index contributed by atoms with van der Waals surface area (Å²) in [5.74, 6) is 0.0650. The quantitative estimate of drug-likeness (QED) is 0.358. The molecular formula is C25H24Cl2F3N3O2. The summed E-state index contributed by atoms with van der Waals surface area (Å²) in [6.07, 6.45) is -1.55. The van der Waals surface area contributed by atoms with Crippen LogP contribution in [0.1, 0.15) is 52.0 Å². The van der Waals surface area contributed by atoms with Crippen LogP contribution in [0.5, 0.6) is 0 Å². The second kappa shape index (κ2) is 9.82. The van der Waals surface area contributed by atoms with E-state index in [2.05, 4.69) is 5.10 Å². The number of alkyl halides is 3. The number of amides is 1. The molecule has 1 aromatic heterocycles. The van der Waals surface area contributed by atoms with Gasteiger partial charge >= 0.3 is 6.18 Å². The molecule has 1 aliphatic rings. The monoisotopic (exact) mass is 525 g/mol. The van der Waals surface area contributed by atoms with Crippen LogP contribution in [0, 0.1) is 19.8 Å². The van der Waals surface area contributed by atoms with Crippen molar-refractivity contribution in [1.29, 1.82) is 0 Å². The normalized spacial score (nSPS) is 15.1. The lowest BCUT2D eigenvalue weighted by Gasteiger charge is -2.31. The van der Waals surface area contributed by atoms with E-state index >= 15 is 0 Å². The summed E-state index contributed by atoms with van der Waals surface area (Å²) in [5, 5.41) is 5.38. The fourth-order valence-electron chi connectivity index (χ4n) is 4.70. The van der Waals surface area contributed by atoms with E-state index in [4.69, 9.17) is 23.2 Å². The Labute approximate surface area is 210 Å². The highest BCUT2D eigenvalue weighted by Crippen LogP contribution is 2.36. The van der Waals surface area contributed by atoms with E-state index in [0.717, 1.165) is 31.3 Å². The first kappa shape index (κ1) is 25.5. The van der Waals surface area contributed by atoms with Crippen LogP contribution < -0.4 is 0 Å². The standard InChI is InChI=1S/C25H24Cl2F3N3O2/c1-14-11-17(25(28,29)30)12-19-15(2)31-33(23(14)19)13-20-21(26)4-3-18(22(20)27)24(35)32-8-5-16(6-9-32)7-10-34/h3-4,10-12,16H,5-9,13H2,1-2H3. The van der Waals surface area contributed by atoms with Crippen LogP contribution in [0.25, 0.3) is 10.9 Å². The van der Waals surface area contributed by atoms with Crippen molar-refractivity contribution in [2.45, 2.75) is 45.8 Å². The third-order valence-corrected chi connectivity index (χ3v) is 7.39. The Morgan fingerprint density at radius 3 is 2.49 bits per heavy atom. The van der Waals surface area contributed by atoms with E-state index in [0.29, 0.717) is 57.8 Å². The Kier molecular flexibility index (Phi) is 7.16. The van der Waals surface area contributed by atoms with Crippen LogP contribution in [0.4, 0.5) is 13.2 Å². The van der Waals surface area contributed by atoms with Crippen LogP contribution in [0.2, 0.25) is 10.0 Å². The second-order valence-corrected chi connectivity index (χ2v) is 9.74. The van der Waals surface area contributed by atoms with Crippen molar-refractivity contribution in [2.75, 3.05) is 13.1 Å². The lowest BCUT2D eigenvalue weighted by molar-refractivity contribution is -0.137. The molecule has 4 rings (SSSR count). The number of hydrogen-bond donors (Lipinski definition) is 0. The molecule has 0 radical (unpaired) electrons. The Balaban J connectivity index is 1.66. The largest absolute Gasteiger partial charge is 0.416 e. The van der Waals surface area contributed by atoms with Gasteiger partial charge < -0.3 is 9.69 Å². The summed E-state index contributed by atoms with van der Waals surface area (Å²) in [5.41, 5.74) is 1.48. The van der Waals surface area contributed by atoms with E-state index in [1.54, 1.807) is 35.6 Å². The number of carbonyl (C=O) groups is 2. The molecule has 1 amide bonds. The van der Waals surface area contributed by atoms with Crippen LogP contribution in [0.3, 0.4) is 0 Å². The molecule has 0 spiro atoms. The van der Waals surface area contributed by atoms with Gasteiger partial charge in [-0.2, -0.15) is 18.3 Å². The average molecular weight is 526 g/mol. The Bertz CT molecular complexity index is 1300. The van der Waals surface area contributed by atoms with Gasteiger partial charge in [-0.25, -0.2) is 0 Å². The summed E-state index contributed by atoms with van der Waals surface area (Å²) in [6.45, 7) is 4.42. The predicted octanol–water partition coefficient (Wildman–Crippen LogP) is 6.47. The zero-order valence-electron chi connectivity index (χ0n) is 19.3. The van der Waals surface area contributed by atoms with Crippen molar-refractivity contribution < 1.29 is 22.8 Å². The first-order chi connectivity index (χ1) is 16.5. The van der Waals surface area contributed by atoms with Gasteiger partial charge in [-0.3, -0.25) is 9.48 Å². The fraction of sp³-hybridized carbons (Fsp3) is 0.400. The molecule has 186 valence electrons. The maximum absolute atomic E-state index is 13.3. The number of rotatable bonds is 5. The molecule has 2 aromatic carbocycles.